The van der Waals surface area contributed by atoms with Gasteiger partial charge in [-0.15, -0.1) is 0 Å². The van der Waals surface area contributed by atoms with Crippen LogP contribution in [0.25, 0.3) is 54.6 Å². The van der Waals surface area contributed by atoms with Gasteiger partial charge in [0.1, 0.15) is 0 Å². The van der Waals surface area contributed by atoms with Gasteiger partial charge in [0.05, 0.1) is 22.7 Å². The molecule has 0 spiro atoms. The maximum absolute atomic E-state index is 2.67. The van der Waals surface area contributed by atoms with Gasteiger partial charge >= 0.3 is 0 Å². The Morgan fingerprint density at radius 1 is 0.378 bits per heavy atom. The molecule has 370 valence electrons. The van der Waals surface area contributed by atoms with E-state index in [1.54, 1.807) is 0 Å². The molecule has 2 fully saturated rings. The van der Waals surface area contributed by atoms with Crippen LogP contribution in [0.15, 0.2) is 170 Å². The number of nitrogens with zero attached hydrogens (tertiary/aromatic N) is 2. The van der Waals surface area contributed by atoms with Crippen LogP contribution in [0.2, 0.25) is 0 Å². The molecule has 2 nitrogen and oxygen atoms in total. The molecule has 0 atom stereocenters. The summed E-state index contributed by atoms with van der Waals surface area (Å²) in [6, 6.07) is 65.7. The lowest BCUT2D eigenvalue weighted by molar-refractivity contribution is 0.723. The predicted molar refractivity (Wildman–Crippen MR) is 320 cm³/mol. The zero-order valence-electron chi connectivity index (χ0n) is 45.0. The molecule has 0 aromatic heterocycles. The van der Waals surface area contributed by atoms with Gasteiger partial charge < -0.3 is 9.80 Å². The third kappa shape index (κ3) is 8.26. The molecule has 0 saturated heterocycles. The van der Waals surface area contributed by atoms with E-state index in [-0.39, 0.29) is 11.8 Å². The van der Waals surface area contributed by atoms with E-state index < -0.39 is 0 Å². The Morgan fingerprint density at radius 3 is 1.14 bits per heavy atom. The highest BCUT2D eigenvalue weighted by Crippen LogP contribution is 2.54. The summed E-state index contributed by atoms with van der Waals surface area (Å²) in [4.78, 5) is 5.33. The zero-order chi connectivity index (χ0) is 50.8. The Kier molecular flexibility index (Phi) is 12.7. The van der Waals surface area contributed by atoms with Crippen LogP contribution in [0.3, 0.4) is 0 Å². The number of benzene rings is 10. The number of hydrogen-bond acceptors (Lipinski definition) is 2. The van der Waals surface area contributed by atoms with Gasteiger partial charge in [-0.1, -0.05) is 187 Å². The first-order valence-electron chi connectivity index (χ1n) is 28.0. The smallest absolute Gasteiger partial charge is 0.0543 e. The molecule has 0 aliphatic heterocycles. The molecule has 0 unspecified atom stereocenters. The van der Waals surface area contributed by atoms with E-state index in [0.717, 1.165) is 0 Å². The minimum Gasteiger partial charge on any atom is -0.309 e. The fourth-order valence-corrected chi connectivity index (χ4v) is 13.7. The van der Waals surface area contributed by atoms with Gasteiger partial charge in [0.2, 0.25) is 0 Å². The fraction of sp³-hybridized carbons (Fsp3) is 0.278. The summed E-state index contributed by atoms with van der Waals surface area (Å²) in [6.45, 7) is 18.9. The average Bonchev–Trinajstić information content (AvgIpc) is 4.19. The Morgan fingerprint density at radius 2 is 0.757 bits per heavy atom. The number of aryl methyl sites for hydroxylation is 2. The molecule has 10 aromatic rings. The van der Waals surface area contributed by atoms with E-state index in [1.165, 1.54) is 185 Å². The van der Waals surface area contributed by atoms with Crippen molar-refractivity contribution in [3.05, 3.63) is 214 Å². The molecule has 0 amide bonds. The third-order valence-electron chi connectivity index (χ3n) is 17.4. The molecule has 2 heteroatoms. The van der Waals surface area contributed by atoms with Gasteiger partial charge in [0, 0.05) is 22.1 Å². The van der Waals surface area contributed by atoms with Gasteiger partial charge in [-0.25, -0.2) is 0 Å². The minimum absolute atomic E-state index is 0.285. The molecule has 2 aliphatic carbocycles. The first kappa shape index (κ1) is 47.8. The van der Waals surface area contributed by atoms with E-state index >= 15 is 0 Å². The van der Waals surface area contributed by atoms with Crippen molar-refractivity contribution in [2.45, 2.75) is 130 Å². The third-order valence-corrected chi connectivity index (χ3v) is 17.4. The SMILES string of the molecule is Cc1ccc(-c2ccccc2)c(C)c1N(c1cccc(C2CCCC2)c1)c1cc(C(C)C)c2ccc3c(N(c4cccc(C5CCCC5)c4)c4c(C)ccc(-c5ccccc5)c4C)cc(C(C)C)c4ccc1c2c43. The van der Waals surface area contributed by atoms with E-state index in [0.29, 0.717) is 11.8 Å². The summed E-state index contributed by atoms with van der Waals surface area (Å²) < 4.78 is 0. The van der Waals surface area contributed by atoms with Gasteiger partial charge in [-0.2, -0.15) is 0 Å². The van der Waals surface area contributed by atoms with E-state index in [4.69, 9.17) is 0 Å². The van der Waals surface area contributed by atoms with Gasteiger partial charge in [0.25, 0.3) is 0 Å². The molecule has 0 N–H and O–H groups in total. The summed E-state index contributed by atoms with van der Waals surface area (Å²) in [7, 11) is 0. The fourth-order valence-electron chi connectivity index (χ4n) is 13.7. The van der Waals surface area contributed by atoms with Crippen molar-refractivity contribution < 1.29 is 0 Å². The minimum atomic E-state index is 0.285. The molecule has 2 saturated carbocycles. The molecular weight excluding hydrogens is 893 g/mol. The van der Waals surface area contributed by atoms with Gasteiger partial charge in [0.15, 0.2) is 0 Å². The van der Waals surface area contributed by atoms with Crippen LogP contribution in [0.1, 0.15) is 147 Å². The summed E-state index contributed by atoms with van der Waals surface area (Å²) in [6.07, 6.45) is 10.3. The highest BCUT2D eigenvalue weighted by molar-refractivity contribution is 6.29. The second-order valence-electron chi connectivity index (χ2n) is 22.7. The Hall–Kier alpha value is -7.16. The van der Waals surface area contributed by atoms with Crippen molar-refractivity contribution in [2.24, 2.45) is 0 Å². The van der Waals surface area contributed by atoms with Crippen LogP contribution in [-0.2, 0) is 0 Å². The Labute approximate surface area is 441 Å². The normalized spacial score (nSPS) is 14.5. The maximum Gasteiger partial charge on any atom is 0.0543 e. The van der Waals surface area contributed by atoms with E-state index in [2.05, 4.69) is 235 Å². The van der Waals surface area contributed by atoms with Crippen molar-refractivity contribution in [3.8, 4) is 22.3 Å². The van der Waals surface area contributed by atoms with Crippen molar-refractivity contribution in [3.63, 3.8) is 0 Å². The highest BCUT2D eigenvalue weighted by Gasteiger charge is 2.30. The quantitative estimate of drug-likeness (QED) is 0.113. The monoisotopic (exact) mass is 965 g/mol. The first-order valence-corrected chi connectivity index (χ1v) is 28.0. The second kappa shape index (κ2) is 19.6. The molecule has 0 heterocycles. The maximum atomic E-state index is 2.67. The standard InChI is InChI=1S/C72H72N2/c1-45(2)65-43-67(73(57-31-19-29-55(41-57)51-21-15-16-22-51)71-47(5)33-35-59(49(71)7)53-25-11-9-12-26-53)63-40-38-62-66(46(3)4)44-68(64-39-37-61(65)69(63)70(62)64)74(58-32-20-30-56(42-58)52-23-17-18-24-52)72-48(6)34-36-60(50(72)8)54-27-13-10-14-28-54/h9-14,19-20,25-46,51-52H,15-18,21-24H2,1-8H3. The summed E-state index contributed by atoms with van der Waals surface area (Å²) in [5, 5.41) is 8.01. The molecular formula is C72H72N2. The zero-order valence-corrected chi connectivity index (χ0v) is 45.0. The molecule has 2 aliphatic rings. The van der Waals surface area contributed by atoms with Crippen molar-refractivity contribution in [1.82, 2.24) is 0 Å². The number of hydrogen-bond donors (Lipinski definition) is 0. The molecule has 0 bridgehead atoms. The first-order chi connectivity index (χ1) is 36.0. The highest BCUT2D eigenvalue weighted by atomic mass is 15.2. The lowest BCUT2D eigenvalue weighted by Crippen LogP contribution is -2.16. The average molecular weight is 965 g/mol. The van der Waals surface area contributed by atoms with Gasteiger partial charge in [-0.3, -0.25) is 0 Å². The van der Waals surface area contributed by atoms with Crippen LogP contribution in [0, 0.1) is 27.7 Å². The van der Waals surface area contributed by atoms with Crippen molar-refractivity contribution >= 4 is 66.4 Å². The van der Waals surface area contributed by atoms with Crippen LogP contribution in [0.4, 0.5) is 34.1 Å². The summed E-state index contributed by atoms with van der Waals surface area (Å²) in [5.41, 5.74) is 23.4. The Balaban J connectivity index is 1.18. The molecule has 74 heavy (non-hydrogen) atoms. The lowest BCUT2D eigenvalue weighted by atomic mass is 9.83. The van der Waals surface area contributed by atoms with Gasteiger partial charge in [-0.05, 0) is 202 Å². The van der Waals surface area contributed by atoms with Crippen LogP contribution < -0.4 is 9.80 Å². The van der Waals surface area contributed by atoms with E-state index in [1.807, 2.05) is 0 Å². The van der Waals surface area contributed by atoms with E-state index in [9.17, 15) is 0 Å². The van der Waals surface area contributed by atoms with Crippen LogP contribution in [-0.4, -0.2) is 0 Å². The largest absolute Gasteiger partial charge is 0.309 e. The molecule has 10 aromatic carbocycles. The Bertz CT molecular complexity index is 3440. The lowest BCUT2D eigenvalue weighted by Gasteiger charge is -2.34. The predicted octanol–water partition coefficient (Wildman–Crippen LogP) is 21.7. The second-order valence-corrected chi connectivity index (χ2v) is 22.7. The molecule has 0 radical (unpaired) electrons. The topological polar surface area (TPSA) is 6.48 Å². The van der Waals surface area contributed by atoms with Crippen molar-refractivity contribution in [1.29, 1.82) is 0 Å². The number of anilines is 6. The van der Waals surface area contributed by atoms with Crippen LogP contribution >= 0.6 is 0 Å². The van der Waals surface area contributed by atoms with Crippen LogP contribution in [0.5, 0.6) is 0 Å². The number of rotatable bonds is 12. The molecule has 12 rings (SSSR count). The summed E-state index contributed by atoms with van der Waals surface area (Å²) >= 11 is 0. The summed E-state index contributed by atoms with van der Waals surface area (Å²) in [5.74, 6) is 1.76. The van der Waals surface area contributed by atoms with Crippen molar-refractivity contribution in [2.75, 3.05) is 9.80 Å².